The number of methoxy groups -OCH3 is 1. The maximum absolute atomic E-state index is 10.5. The van der Waals surface area contributed by atoms with E-state index in [-0.39, 0.29) is 23.9 Å². The maximum atomic E-state index is 10.5. The number of thioether (sulfide) groups is 1. The van der Waals surface area contributed by atoms with Crippen LogP contribution in [-0.4, -0.2) is 23.1 Å². The summed E-state index contributed by atoms with van der Waals surface area (Å²) >= 11 is 1.57. The Morgan fingerprint density at radius 2 is 1.92 bits per heavy atom. The summed E-state index contributed by atoms with van der Waals surface area (Å²) in [6.45, 7) is 6.12. The lowest BCUT2D eigenvalue weighted by Crippen LogP contribution is -2.21. The van der Waals surface area contributed by atoms with Crippen LogP contribution in [0.15, 0.2) is 35.2 Å². The molecule has 1 aliphatic heterocycles. The predicted octanol–water partition coefficient (Wildman–Crippen LogP) is 4.42. The van der Waals surface area contributed by atoms with E-state index in [2.05, 4.69) is 20.8 Å². The molecule has 0 spiro atoms. The number of aromatic hydroxyl groups is 1. The molecule has 0 aromatic heterocycles. The van der Waals surface area contributed by atoms with E-state index in [9.17, 15) is 10.2 Å². The molecule has 0 saturated carbocycles. The van der Waals surface area contributed by atoms with Crippen LogP contribution in [0.4, 0.5) is 0 Å². The van der Waals surface area contributed by atoms with Crippen molar-refractivity contribution in [1.82, 2.24) is 0 Å². The molecule has 134 valence electrons. The SMILES string of the molecule is COc1ccc(C2CSc3c(O)c(CO)cc(C(C)(C)C)c3O2)cc1. The normalized spacial score (nSPS) is 16.9. The number of fused-ring (bicyclic) bond motifs is 1. The fraction of sp³-hybridized carbons (Fsp3) is 0.400. The van der Waals surface area contributed by atoms with E-state index < -0.39 is 0 Å². The van der Waals surface area contributed by atoms with E-state index in [1.165, 1.54) is 0 Å². The summed E-state index contributed by atoms with van der Waals surface area (Å²) in [6.07, 6.45) is -0.0936. The topological polar surface area (TPSA) is 58.9 Å². The van der Waals surface area contributed by atoms with Crippen molar-refractivity contribution in [3.63, 3.8) is 0 Å². The molecule has 1 heterocycles. The van der Waals surface area contributed by atoms with Crippen LogP contribution < -0.4 is 9.47 Å². The summed E-state index contributed by atoms with van der Waals surface area (Å²) in [7, 11) is 1.65. The van der Waals surface area contributed by atoms with Gasteiger partial charge in [0.2, 0.25) is 0 Å². The molecule has 1 unspecified atom stereocenters. The van der Waals surface area contributed by atoms with Gasteiger partial charge in [-0.3, -0.25) is 0 Å². The fourth-order valence-electron chi connectivity index (χ4n) is 2.93. The van der Waals surface area contributed by atoms with Gasteiger partial charge in [-0.1, -0.05) is 32.9 Å². The molecule has 0 saturated heterocycles. The second-order valence-electron chi connectivity index (χ2n) is 7.19. The second-order valence-corrected chi connectivity index (χ2v) is 8.22. The molecule has 2 aromatic carbocycles. The number of ether oxygens (including phenoxy) is 2. The van der Waals surface area contributed by atoms with E-state index in [0.717, 1.165) is 27.5 Å². The summed E-state index contributed by atoms with van der Waals surface area (Å²) in [5.41, 5.74) is 2.45. The Hall–Kier alpha value is -1.85. The van der Waals surface area contributed by atoms with Crippen molar-refractivity contribution in [2.24, 2.45) is 0 Å². The summed E-state index contributed by atoms with van der Waals surface area (Å²) in [6, 6.07) is 9.72. The first-order chi connectivity index (χ1) is 11.8. The Balaban J connectivity index is 2.02. The molecule has 2 aromatic rings. The first-order valence-corrected chi connectivity index (χ1v) is 9.27. The highest BCUT2D eigenvalue weighted by molar-refractivity contribution is 7.99. The van der Waals surface area contributed by atoms with E-state index in [1.54, 1.807) is 18.9 Å². The zero-order valence-corrected chi connectivity index (χ0v) is 15.8. The molecule has 3 rings (SSSR count). The maximum Gasteiger partial charge on any atom is 0.141 e. The smallest absolute Gasteiger partial charge is 0.141 e. The van der Waals surface area contributed by atoms with Crippen molar-refractivity contribution < 1.29 is 19.7 Å². The molecule has 0 fully saturated rings. The third kappa shape index (κ3) is 3.44. The summed E-state index contributed by atoms with van der Waals surface area (Å²) in [4.78, 5) is 0.723. The van der Waals surface area contributed by atoms with E-state index in [0.29, 0.717) is 11.3 Å². The van der Waals surface area contributed by atoms with E-state index in [4.69, 9.17) is 9.47 Å². The van der Waals surface area contributed by atoms with Crippen LogP contribution in [0.2, 0.25) is 0 Å². The third-order valence-corrected chi connectivity index (χ3v) is 5.53. The standard InChI is InChI=1S/C20H24O4S/c1-20(2,3)15-9-13(10-21)17(22)19-18(15)24-16(11-25-19)12-5-7-14(23-4)8-6-12/h5-9,16,21-22H,10-11H2,1-4H3. The third-order valence-electron chi connectivity index (χ3n) is 4.39. The minimum absolute atomic E-state index is 0.0936. The first kappa shape index (κ1) is 18.0. The minimum atomic E-state index is -0.190. The van der Waals surface area contributed by atoms with Crippen LogP contribution >= 0.6 is 11.8 Å². The van der Waals surface area contributed by atoms with Crippen molar-refractivity contribution >= 4 is 11.8 Å². The van der Waals surface area contributed by atoms with Crippen molar-refractivity contribution in [1.29, 1.82) is 0 Å². The van der Waals surface area contributed by atoms with Gasteiger partial charge in [-0.25, -0.2) is 0 Å². The second kappa shape index (κ2) is 6.81. The van der Waals surface area contributed by atoms with Crippen LogP contribution in [0, 0.1) is 0 Å². The van der Waals surface area contributed by atoms with Gasteiger partial charge in [-0.2, -0.15) is 0 Å². The average Bonchev–Trinajstić information content (AvgIpc) is 2.61. The van der Waals surface area contributed by atoms with Gasteiger partial charge in [0.1, 0.15) is 23.4 Å². The van der Waals surface area contributed by atoms with Gasteiger partial charge in [0.15, 0.2) is 0 Å². The molecule has 5 heteroatoms. The molecule has 1 aliphatic rings. The lowest BCUT2D eigenvalue weighted by Gasteiger charge is -2.32. The Bertz CT molecular complexity index is 763. The molecule has 25 heavy (non-hydrogen) atoms. The van der Waals surface area contributed by atoms with Crippen LogP contribution in [0.1, 0.15) is 43.6 Å². The lowest BCUT2D eigenvalue weighted by molar-refractivity contribution is 0.210. The highest BCUT2D eigenvalue weighted by Gasteiger charge is 2.32. The van der Waals surface area contributed by atoms with E-state index in [1.807, 2.05) is 30.3 Å². The van der Waals surface area contributed by atoms with Crippen LogP contribution in [-0.2, 0) is 12.0 Å². The van der Waals surface area contributed by atoms with Crippen molar-refractivity contribution in [3.8, 4) is 17.2 Å². The van der Waals surface area contributed by atoms with Gasteiger partial charge in [-0.15, -0.1) is 11.8 Å². The molecule has 2 N–H and O–H groups in total. The highest BCUT2D eigenvalue weighted by atomic mass is 32.2. The van der Waals surface area contributed by atoms with Crippen LogP contribution in [0.3, 0.4) is 0 Å². The molecule has 0 aliphatic carbocycles. The molecular weight excluding hydrogens is 336 g/mol. The molecule has 0 bridgehead atoms. The average molecular weight is 360 g/mol. The monoisotopic (exact) mass is 360 g/mol. The molecule has 0 radical (unpaired) electrons. The van der Waals surface area contributed by atoms with Gasteiger partial charge in [-0.05, 0) is 29.2 Å². The van der Waals surface area contributed by atoms with Crippen LogP contribution in [0.5, 0.6) is 17.2 Å². The zero-order valence-electron chi connectivity index (χ0n) is 15.0. The number of aliphatic hydroxyl groups is 1. The summed E-state index contributed by atoms with van der Waals surface area (Å²) < 4.78 is 11.5. The number of aliphatic hydroxyl groups excluding tert-OH is 1. The van der Waals surface area contributed by atoms with Crippen molar-refractivity contribution in [3.05, 3.63) is 47.0 Å². The van der Waals surface area contributed by atoms with Crippen molar-refractivity contribution in [2.75, 3.05) is 12.9 Å². The number of phenols is 1. The van der Waals surface area contributed by atoms with Gasteiger partial charge < -0.3 is 19.7 Å². The van der Waals surface area contributed by atoms with Gasteiger partial charge >= 0.3 is 0 Å². The summed E-state index contributed by atoms with van der Waals surface area (Å²) in [5.74, 6) is 2.36. The summed E-state index contributed by atoms with van der Waals surface area (Å²) in [5, 5.41) is 20.0. The van der Waals surface area contributed by atoms with Gasteiger partial charge in [0.25, 0.3) is 0 Å². The van der Waals surface area contributed by atoms with Crippen LogP contribution in [0.25, 0.3) is 0 Å². The van der Waals surface area contributed by atoms with Gasteiger partial charge in [0.05, 0.1) is 18.6 Å². The Kier molecular flexibility index (Phi) is 4.89. The number of hydrogen-bond donors (Lipinski definition) is 2. The molecule has 4 nitrogen and oxygen atoms in total. The largest absolute Gasteiger partial charge is 0.506 e. The fourth-order valence-corrected chi connectivity index (χ4v) is 4.07. The Morgan fingerprint density at radius 1 is 1.24 bits per heavy atom. The Morgan fingerprint density at radius 3 is 2.48 bits per heavy atom. The van der Waals surface area contributed by atoms with E-state index >= 15 is 0 Å². The Labute approximate surface area is 152 Å². The van der Waals surface area contributed by atoms with Gasteiger partial charge in [0, 0.05) is 16.9 Å². The number of hydrogen-bond acceptors (Lipinski definition) is 5. The predicted molar refractivity (Wildman–Crippen MR) is 99.8 cm³/mol. The lowest BCUT2D eigenvalue weighted by atomic mass is 9.85. The highest BCUT2D eigenvalue weighted by Crippen LogP contribution is 2.51. The zero-order chi connectivity index (χ0) is 18.2. The molecule has 0 amide bonds. The van der Waals surface area contributed by atoms with Crippen molar-refractivity contribution in [2.45, 2.75) is 43.8 Å². The molecular formula is C20H24O4S. The minimum Gasteiger partial charge on any atom is -0.506 e. The number of benzene rings is 2. The quantitative estimate of drug-likeness (QED) is 0.849. The molecule has 1 atom stereocenters. The number of rotatable bonds is 3. The first-order valence-electron chi connectivity index (χ1n) is 8.28.